The molecule has 0 spiro atoms. The van der Waals surface area contributed by atoms with Crippen molar-refractivity contribution >= 4 is 17.8 Å². The highest BCUT2D eigenvalue weighted by molar-refractivity contribution is 5.98. The monoisotopic (exact) mass is 306 g/mol. The van der Waals surface area contributed by atoms with Gasteiger partial charge in [0.1, 0.15) is 11.2 Å². The summed E-state index contributed by atoms with van der Waals surface area (Å²) in [4.78, 5) is 46.4. The summed E-state index contributed by atoms with van der Waals surface area (Å²) in [7, 11) is 0. The van der Waals surface area contributed by atoms with Gasteiger partial charge >= 0.3 is 5.97 Å². The molecule has 1 aromatic heterocycles. The van der Waals surface area contributed by atoms with E-state index >= 15 is 0 Å². The average Bonchev–Trinajstić information content (AvgIpc) is 2.49. The highest BCUT2D eigenvalue weighted by Gasteiger charge is 2.44. The molecule has 0 aliphatic carbocycles. The topological polar surface area (TPSA) is 104 Å². The Morgan fingerprint density at radius 1 is 1.23 bits per heavy atom. The van der Waals surface area contributed by atoms with E-state index in [0.717, 1.165) is 12.4 Å². The van der Waals surface area contributed by atoms with Crippen LogP contribution in [0.2, 0.25) is 0 Å². The van der Waals surface area contributed by atoms with Crippen LogP contribution >= 0.6 is 0 Å². The summed E-state index contributed by atoms with van der Waals surface area (Å²) in [5.41, 5.74) is -1.18. The van der Waals surface area contributed by atoms with Crippen LogP contribution in [0.5, 0.6) is 0 Å². The van der Waals surface area contributed by atoms with Crippen molar-refractivity contribution in [1.82, 2.24) is 19.8 Å². The lowest BCUT2D eigenvalue weighted by atomic mass is 9.97. The van der Waals surface area contributed by atoms with Crippen molar-refractivity contribution in [2.24, 2.45) is 0 Å². The van der Waals surface area contributed by atoms with Crippen molar-refractivity contribution in [3.05, 3.63) is 23.8 Å². The third-order valence-corrected chi connectivity index (χ3v) is 3.80. The molecule has 1 aliphatic heterocycles. The zero-order valence-corrected chi connectivity index (χ0v) is 12.7. The Hall–Kier alpha value is -2.51. The largest absolute Gasteiger partial charge is 0.476 e. The maximum atomic E-state index is 12.5. The van der Waals surface area contributed by atoms with Crippen molar-refractivity contribution in [2.75, 3.05) is 19.6 Å². The fraction of sp³-hybridized carbons (Fsp3) is 0.500. The van der Waals surface area contributed by atoms with E-state index in [1.165, 1.54) is 4.90 Å². The standard InChI is InChI=1S/C14H18N4O4/c1-4-17-5-6-18(14(2,3)13(17)22)11(19)9-7-16-10(8-15-9)12(20)21/h7-8H,4-6H2,1-3H3,(H,20,21). The number of rotatable bonds is 3. The van der Waals surface area contributed by atoms with Crippen molar-refractivity contribution in [1.29, 1.82) is 0 Å². The average molecular weight is 306 g/mol. The van der Waals surface area contributed by atoms with E-state index in [1.807, 2.05) is 6.92 Å². The van der Waals surface area contributed by atoms with E-state index in [4.69, 9.17) is 5.11 Å². The third kappa shape index (κ3) is 2.63. The van der Waals surface area contributed by atoms with Crippen LogP contribution in [0.15, 0.2) is 12.4 Å². The molecule has 1 N–H and O–H groups in total. The minimum absolute atomic E-state index is 0.0239. The fourth-order valence-electron chi connectivity index (χ4n) is 2.45. The van der Waals surface area contributed by atoms with Crippen molar-refractivity contribution in [2.45, 2.75) is 26.3 Å². The molecule has 0 radical (unpaired) electrons. The molecule has 22 heavy (non-hydrogen) atoms. The van der Waals surface area contributed by atoms with Crippen molar-refractivity contribution in [3.63, 3.8) is 0 Å². The van der Waals surface area contributed by atoms with E-state index in [0.29, 0.717) is 19.6 Å². The summed E-state index contributed by atoms with van der Waals surface area (Å²) < 4.78 is 0. The maximum Gasteiger partial charge on any atom is 0.356 e. The van der Waals surface area contributed by atoms with Gasteiger partial charge in [0.05, 0.1) is 12.4 Å². The molecule has 2 amide bonds. The molecule has 0 bridgehead atoms. The number of hydrogen-bond acceptors (Lipinski definition) is 5. The molecule has 0 unspecified atom stereocenters. The van der Waals surface area contributed by atoms with Crippen molar-refractivity contribution < 1.29 is 19.5 Å². The summed E-state index contributed by atoms with van der Waals surface area (Å²) >= 11 is 0. The highest BCUT2D eigenvalue weighted by atomic mass is 16.4. The molecule has 8 heteroatoms. The van der Waals surface area contributed by atoms with Crippen molar-refractivity contribution in [3.8, 4) is 0 Å². The van der Waals surface area contributed by atoms with Gasteiger partial charge in [-0.25, -0.2) is 14.8 Å². The molecular weight excluding hydrogens is 288 g/mol. The number of hydrogen-bond donors (Lipinski definition) is 1. The van der Waals surface area contributed by atoms with Crippen LogP contribution in [0.4, 0.5) is 0 Å². The second kappa shape index (κ2) is 5.70. The molecule has 8 nitrogen and oxygen atoms in total. The minimum atomic E-state index is -1.21. The Morgan fingerprint density at radius 3 is 2.32 bits per heavy atom. The lowest BCUT2D eigenvalue weighted by molar-refractivity contribution is -0.146. The summed E-state index contributed by atoms with van der Waals surface area (Å²) in [6.45, 7) is 6.72. The summed E-state index contributed by atoms with van der Waals surface area (Å²) in [5, 5.41) is 8.79. The lowest BCUT2D eigenvalue weighted by Gasteiger charge is -2.45. The lowest BCUT2D eigenvalue weighted by Crippen LogP contribution is -2.64. The molecule has 0 aromatic carbocycles. The van der Waals surface area contributed by atoms with Gasteiger partial charge in [-0.2, -0.15) is 0 Å². The van der Waals surface area contributed by atoms with Crippen LogP contribution in [0.3, 0.4) is 0 Å². The van der Waals surface area contributed by atoms with Crippen LogP contribution in [0.25, 0.3) is 0 Å². The molecule has 1 fully saturated rings. The summed E-state index contributed by atoms with van der Waals surface area (Å²) in [6.07, 6.45) is 2.16. The number of likely N-dealkylation sites (N-methyl/N-ethyl adjacent to an activating group) is 1. The number of aromatic nitrogens is 2. The van der Waals surface area contributed by atoms with E-state index in [2.05, 4.69) is 9.97 Å². The first-order valence-electron chi connectivity index (χ1n) is 6.95. The van der Waals surface area contributed by atoms with Gasteiger partial charge in [0.25, 0.3) is 5.91 Å². The van der Waals surface area contributed by atoms with Gasteiger partial charge < -0.3 is 14.9 Å². The summed E-state index contributed by atoms with van der Waals surface area (Å²) in [6, 6.07) is 0. The Bertz CT molecular complexity index is 612. The molecule has 0 atom stereocenters. The molecule has 2 heterocycles. The molecule has 2 rings (SSSR count). The Labute approximate surface area is 127 Å². The van der Waals surface area contributed by atoms with E-state index in [-0.39, 0.29) is 17.3 Å². The van der Waals surface area contributed by atoms with Gasteiger partial charge in [0.15, 0.2) is 5.69 Å². The molecule has 118 valence electrons. The Morgan fingerprint density at radius 2 is 1.82 bits per heavy atom. The number of piperazine rings is 1. The Kier molecular flexibility index (Phi) is 4.11. The first-order valence-corrected chi connectivity index (χ1v) is 6.95. The normalized spacial score (nSPS) is 17.5. The van der Waals surface area contributed by atoms with Crippen LogP contribution < -0.4 is 0 Å². The number of carbonyl (C=O) groups excluding carboxylic acids is 2. The first-order chi connectivity index (χ1) is 10.3. The minimum Gasteiger partial charge on any atom is -0.476 e. The quantitative estimate of drug-likeness (QED) is 0.859. The number of carbonyl (C=O) groups is 3. The van der Waals surface area contributed by atoms with Gasteiger partial charge in [0.2, 0.25) is 5.91 Å². The zero-order chi connectivity index (χ0) is 16.5. The van der Waals surface area contributed by atoms with Gasteiger partial charge in [-0.1, -0.05) is 0 Å². The predicted octanol–water partition coefficient (Wildman–Crippen LogP) is 0.258. The first kappa shape index (κ1) is 15.9. The number of nitrogens with zero attached hydrogens (tertiary/aromatic N) is 4. The van der Waals surface area contributed by atoms with Gasteiger partial charge in [-0.05, 0) is 20.8 Å². The van der Waals surface area contributed by atoms with Crippen LogP contribution in [-0.4, -0.2) is 67.8 Å². The van der Waals surface area contributed by atoms with E-state index < -0.39 is 17.4 Å². The molecular formula is C14H18N4O4. The molecule has 1 aliphatic rings. The fourth-order valence-corrected chi connectivity index (χ4v) is 2.45. The predicted molar refractivity (Wildman–Crippen MR) is 76.4 cm³/mol. The van der Waals surface area contributed by atoms with Gasteiger partial charge in [-0.15, -0.1) is 0 Å². The van der Waals surface area contributed by atoms with Crippen LogP contribution in [-0.2, 0) is 4.79 Å². The van der Waals surface area contributed by atoms with Gasteiger partial charge in [0, 0.05) is 19.6 Å². The van der Waals surface area contributed by atoms with E-state index in [1.54, 1.807) is 18.7 Å². The van der Waals surface area contributed by atoms with Crippen LogP contribution in [0.1, 0.15) is 41.7 Å². The second-order valence-corrected chi connectivity index (χ2v) is 5.49. The zero-order valence-electron chi connectivity index (χ0n) is 12.7. The SMILES string of the molecule is CCN1CCN(C(=O)c2cnc(C(=O)O)cn2)C(C)(C)C1=O. The molecule has 0 saturated carbocycles. The number of aromatic carboxylic acids is 1. The Balaban J connectivity index is 2.25. The molecule has 1 aromatic rings. The smallest absolute Gasteiger partial charge is 0.356 e. The van der Waals surface area contributed by atoms with Crippen LogP contribution in [0, 0.1) is 0 Å². The molecule has 1 saturated heterocycles. The summed E-state index contributed by atoms with van der Waals surface area (Å²) in [5.74, 6) is -1.76. The maximum absolute atomic E-state index is 12.5. The second-order valence-electron chi connectivity index (χ2n) is 5.49. The third-order valence-electron chi connectivity index (χ3n) is 3.80. The highest BCUT2D eigenvalue weighted by Crippen LogP contribution is 2.24. The number of carboxylic acid groups (broad SMARTS) is 1. The van der Waals surface area contributed by atoms with Gasteiger partial charge in [-0.3, -0.25) is 9.59 Å². The number of amides is 2. The number of carboxylic acids is 1. The van der Waals surface area contributed by atoms with E-state index in [9.17, 15) is 14.4 Å².